The van der Waals surface area contributed by atoms with Gasteiger partial charge in [0.25, 0.3) is 5.91 Å². The van der Waals surface area contributed by atoms with E-state index in [1.165, 1.54) is 0 Å². The second-order valence-electron chi connectivity index (χ2n) is 5.26. The Morgan fingerprint density at radius 2 is 2.00 bits per heavy atom. The first-order valence-corrected chi connectivity index (χ1v) is 7.47. The van der Waals surface area contributed by atoms with Crippen LogP contribution in [0.2, 0.25) is 0 Å². The Labute approximate surface area is 133 Å². The Balaban J connectivity index is 0.00000220. The second kappa shape index (κ2) is 8.90. The molecular formula is C16H25ClN2O2. The highest BCUT2D eigenvalue weighted by molar-refractivity contribution is 5.94. The van der Waals surface area contributed by atoms with Crippen molar-refractivity contribution in [1.29, 1.82) is 0 Å². The molecule has 21 heavy (non-hydrogen) atoms. The van der Waals surface area contributed by atoms with Crippen molar-refractivity contribution >= 4 is 18.3 Å². The lowest BCUT2D eigenvalue weighted by Crippen LogP contribution is -2.34. The van der Waals surface area contributed by atoms with Gasteiger partial charge in [-0.2, -0.15) is 0 Å². The van der Waals surface area contributed by atoms with Gasteiger partial charge in [0.2, 0.25) is 0 Å². The summed E-state index contributed by atoms with van der Waals surface area (Å²) in [5, 5.41) is 3.31. The molecule has 0 aliphatic carbocycles. The summed E-state index contributed by atoms with van der Waals surface area (Å²) in [7, 11) is 0. The van der Waals surface area contributed by atoms with Crippen molar-refractivity contribution in [3.8, 4) is 5.75 Å². The number of rotatable bonds is 4. The predicted octanol–water partition coefficient (Wildman–Crippen LogP) is 2.72. The third kappa shape index (κ3) is 5.21. The van der Waals surface area contributed by atoms with E-state index in [2.05, 4.69) is 12.2 Å². The molecule has 1 aromatic carbocycles. The van der Waals surface area contributed by atoms with Gasteiger partial charge in [-0.05, 0) is 50.6 Å². The summed E-state index contributed by atoms with van der Waals surface area (Å²) in [6.07, 6.45) is 2.19. The minimum atomic E-state index is 0. The van der Waals surface area contributed by atoms with E-state index in [9.17, 15) is 4.79 Å². The number of nitrogens with zero attached hydrogens (tertiary/aromatic N) is 1. The number of ether oxygens (including phenoxy) is 1. The van der Waals surface area contributed by atoms with Crippen LogP contribution in [0.5, 0.6) is 5.75 Å². The van der Waals surface area contributed by atoms with Crippen molar-refractivity contribution < 1.29 is 9.53 Å². The predicted molar refractivity (Wildman–Crippen MR) is 87.5 cm³/mol. The fourth-order valence-electron chi connectivity index (χ4n) is 2.22. The largest absolute Gasteiger partial charge is 0.491 e. The molecular weight excluding hydrogens is 288 g/mol. The van der Waals surface area contributed by atoms with E-state index < -0.39 is 0 Å². The molecule has 0 radical (unpaired) electrons. The van der Waals surface area contributed by atoms with Crippen LogP contribution in [0.25, 0.3) is 0 Å². The van der Waals surface area contributed by atoms with Crippen LogP contribution in [-0.4, -0.2) is 43.1 Å². The molecule has 1 fully saturated rings. The summed E-state index contributed by atoms with van der Waals surface area (Å²) in [4.78, 5) is 14.3. The number of nitrogens with one attached hydrogen (secondary N) is 1. The Hall–Kier alpha value is -1.26. The van der Waals surface area contributed by atoms with E-state index >= 15 is 0 Å². The molecule has 1 aliphatic rings. The molecule has 4 nitrogen and oxygen atoms in total. The summed E-state index contributed by atoms with van der Waals surface area (Å²) in [5.74, 6) is 0.942. The highest BCUT2D eigenvalue weighted by atomic mass is 35.5. The maximum absolute atomic E-state index is 12.4. The van der Waals surface area contributed by atoms with E-state index in [4.69, 9.17) is 4.74 Å². The molecule has 1 N–H and O–H groups in total. The molecule has 1 aromatic rings. The first-order chi connectivity index (χ1) is 9.70. The average molecular weight is 313 g/mol. The third-order valence-corrected chi connectivity index (χ3v) is 3.64. The molecule has 1 saturated heterocycles. The lowest BCUT2D eigenvalue weighted by Gasteiger charge is -2.20. The van der Waals surface area contributed by atoms with Gasteiger partial charge in [-0.25, -0.2) is 0 Å². The topological polar surface area (TPSA) is 41.6 Å². The van der Waals surface area contributed by atoms with E-state index in [-0.39, 0.29) is 24.4 Å². The normalized spacial score (nSPS) is 16.6. The van der Waals surface area contributed by atoms with Gasteiger partial charge in [-0.3, -0.25) is 4.79 Å². The Morgan fingerprint density at radius 3 is 2.67 bits per heavy atom. The van der Waals surface area contributed by atoms with Crippen LogP contribution in [0.1, 0.15) is 37.0 Å². The van der Waals surface area contributed by atoms with Crippen LogP contribution in [-0.2, 0) is 0 Å². The highest BCUT2D eigenvalue weighted by Crippen LogP contribution is 2.16. The van der Waals surface area contributed by atoms with E-state index in [0.717, 1.165) is 50.3 Å². The van der Waals surface area contributed by atoms with Gasteiger partial charge in [0.05, 0.1) is 6.10 Å². The molecule has 118 valence electrons. The molecule has 0 spiro atoms. The molecule has 1 amide bonds. The molecule has 0 saturated carbocycles. The molecule has 1 heterocycles. The molecule has 1 unspecified atom stereocenters. The van der Waals surface area contributed by atoms with Crippen LogP contribution in [0.3, 0.4) is 0 Å². The zero-order valence-corrected chi connectivity index (χ0v) is 13.6. The summed E-state index contributed by atoms with van der Waals surface area (Å²) in [6.45, 7) is 7.62. The zero-order chi connectivity index (χ0) is 14.4. The van der Waals surface area contributed by atoms with Crippen LogP contribution >= 0.6 is 12.4 Å². The van der Waals surface area contributed by atoms with Crippen molar-refractivity contribution in [1.82, 2.24) is 10.2 Å². The quantitative estimate of drug-likeness (QED) is 0.929. The Morgan fingerprint density at radius 1 is 1.29 bits per heavy atom. The van der Waals surface area contributed by atoms with Crippen molar-refractivity contribution in [3.63, 3.8) is 0 Å². The molecule has 1 atom stereocenters. The Kier molecular flexibility index (Phi) is 7.54. The summed E-state index contributed by atoms with van der Waals surface area (Å²) >= 11 is 0. The van der Waals surface area contributed by atoms with Gasteiger partial charge in [-0.15, -0.1) is 12.4 Å². The maximum atomic E-state index is 12.4. The number of amides is 1. The zero-order valence-electron chi connectivity index (χ0n) is 12.8. The van der Waals surface area contributed by atoms with Crippen molar-refractivity contribution in [3.05, 3.63) is 29.8 Å². The van der Waals surface area contributed by atoms with Crippen molar-refractivity contribution in [2.45, 2.75) is 32.8 Å². The van der Waals surface area contributed by atoms with E-state index in [1.807, 2.05) is 36.1 Å². The van der Waals surface area contributed by atoms with Crippen LogP contribution < -0.4 is 10.1 Å². The summed E-state index contributed by atoms with van der Waals surface area (Å²) in [6, 6.07) is 7.49. The lowest BCUT2D eigenvalue weighted by atomic mass is 10.2. The minimum absolute atomic E-state index is 0. The van der Waals surface area contributed by atoms with E-state index in [1.54, 1.807) is 0 Å². The minimum Gasteiger partial charge on any atom is -0.491 e. The molecule has 0 aromatic heterocycles. The number of carbonyl (C=O) groups is 1. The summed E-state index contributed by atoms with van der Waals surface area (Å²) in [5.41, 5.74) is 0.739. The van der Waals surface area contributed by atoms with Crippen LogP contribution in [0.15, 0.2) is 24.3 Å². The van der Waals surface area contributed by atoms with E-state index in [0.29, 0.717) is 0 Å². The molecule has 1 aliphatic heterocycles. The van der Waals surface area contributed by atoms with Gasteiger partial charge < -0.3 is 15.0 Å². The fraction of sp³-hybridized carbons (Fsp3) is 0.562. The Bertz CT molecular complexity index is 428. The number of hydrogen-bond donors (Lipinski definition) is 1. The van der Waals surface area contributed by atoms with Gasteiger partial charge >= 0.3 is 0 Å². The average Bonchev–Trinajstić information content (AvgIpc) is 2.76. The first kappa shape index (κ1) is 17.8. The van der Waals surface area contributed by atoms with Crippen LogP contribution in [0, 0.1) is 0 Å². The maximum Gasteiger partial charge on any atom is 0.253 e. The third-order valence-electron chi connectivity index (χ3n) is 3.64. The molecule has 0 bridgehead atoms. The smallest absolute Gasteiger partial charge is 0.253 e. The van der Waals surface area contributed by atoms with Gasteiger partial charge in [0.15, 0.2) is 0 Å². The molecule has 5 heteroatoms. The first-order valence-electron chi connectivity index (χ1n) is 7.47. The summed E-state index contributed by atoms with van der Waals surface area (Å²) < 4.78 is 5.73. The molecule has 2 rings (SSSR count). The number of benzene rings is 1. The standard InChI is InChI=1S/C16H24N2O2.ClH/c1-3-13(2)20-15-7-5-14(6-8-15)16(19)18-11-4-9-17-10-12-18;/h5-8,13,17H,3-4,9-12H2,1-2H3;1H. The number of hydrogen-bond acceptors (Lipinski definition) is 3. The van der Waals surface area contributed by atoms with Gasteiger partial charge in [-0.1, -0.05) is 6.92 Å². The van der Waals surface area contributed by atoms with Gasteiger partial charge in [0, 0.05) is 25.2 Å². The van der Waals surface area contributed by atoms with Crippen molar-refractivity contribution in [2.24, 2.45) is 0 Å². The highest BCUT2D eigenvalue weighted by Gasteiger charge is 2.17. The number of carbonyl (C=O) groups excluding carboxylic acids is 1. The number of halogens is 1. The van der Waals surface area contributed by atoms with Crippen molar-refractivity contribution in [2.75, 3.05) is 26.2 Å². The lowest BCUT2D eigenvalue weighted by molar-refractivity contribution is 0.0766. The second-order valence-corrected chi connectivity index (χ2v) is 5.26. The van der Waals surface area contributed by atoms with Gasteiger partial charge in [0.1, 0.15) is 5.75 Å². The SMILES string of the molecule is CCC(C)Oc1ccc(C(=O)N2CCCNCC2)cc1.Cl. The van der Waals surface area contributed by atoms with Crippen LogP contribution in [0.4, 0.5) is 0 Å². The monoisotopic (exact) mass is 312 g/mol. The fourth-order valence-corrected chi connectivity index (χ4v) is 2.22.